The minimum atomic E-state index is -0.575. The lowest BCUT2D eigenvalue weighted by molar-refractivity contribution is -0.119. The number of aromatic nitrogens is 4. The van der Waals surface area contributed by atoms with Crippen LogP contribution in [0.4, 0.5) is 5.95 Å². The van der Waals surface area contributed by atoms with Crippen LogP contribution in [0, 0.1) is 0 Å². The van der Waals surface area contributed by atoms with Crippen molar-refractivity contribution < 1.29 is 14.3 Å². The molecule has 1 heterocycles. The average Bonchev–Trinajstić information content (AvgIpc) is 2.88. The number of amides is 1. The number of anilines is 1. The van der Waals surface area contributed by atoms with E-state index in [1.54, 1.807) is 12.1 Å². The molecule has 11 heteroatoms. The molecule has 10 nitrogen and oxygen atoms in total. The number of hydrogen-bond acceptors (Lipinski definition) is 8. The molecule has 0 bridgehead atoms. The fourth-order valence-corrected chi connectivity index (χ4v) is 2.24. The number of ether oxygens (including phenoxy) is 2. The number of nitrogens with one attached hydrogen (secondary N) is 1. The Morgan fingerprint density at radius 1 is 1.50 bits per heavy atom. The van der Waals surface area contributed by atoms with Gasteiger partial charge in [-0.15, -0.1) is 4.79 Å². The summed E-state index contributed by atoms with van der Waals surface area (Å²) in [5, 5.41) is 10.6. The first-order valence-electron chi connectivity index (χ1n) is 6.06. The van der Waals surface area contributed by atoms with Crippen molar-refractivity contribution in [2.24, 2.45) is 5.73 Å². The predicted molar refractivity (Wildman–Crippen MR) is 80.7 cm³/mol. The Labute approximate surface area is 133 Å². The van der Waals surface area contributed by atoms with E-state index >= 15 is 0 Å². The van der Waals surface area contributed by atoms with Crippen molar-refractivity contribution in [2.45, 2.75) is 6.54 Å². The van der Waals surface area contributed by atoms with Gasteiger partial charge in [0.05, 0.1) is 18.1 Å². The molecule has 0 saturated heterocycles. The third-order valence-corrected chi connectivity index (χ3v) is 3.16. The largest absolute Gasteiger partial charge is 0.493 e. The molecule has 0 spiro atoms. The Kier molecular flexibility index (Phi) is 4.99. The lowest BCUT2D eigenvalue weighted by atomic mass is 10.2. The number of carbonyl (C=O) groups is 1. The highest BCUT2D eigenvalue weighted by molar-refractivity contribution is 9.10. The third-order valence-electron chi connectivity index (χ3n) is 2.57. The maximum Gasteiger partial charge on any atom is 0.260 e. The summed E-state index contributed by atoms with van der Waals surface area (Å²) in [4.78, 5) is 12.1. The molecule has 1 aromatic heterocycles. The van der Waals surface area contributed by atoms with Gasteiger partial charge in [-0.2, -0.15) is 0 Å². The van der Waals surface area contributed by atoms with Crippen molar-refractivity contribution in [3.8, 4) is 11.5 Å². The third kappa shape index (κ3) is 3.75. The summed E-state index contributed by atoms with van der Waals surface area (Å²) in [6, 6.07) is 3.54. The topological polar surface area (TPSA) is 143 Å². The number of carbonyl (C=O) groups excluding carboxylic acids is 1. The summed E-state index contributed by atoms with van der Waals surface area (Å²) in [5.41, 5.74) is 14.4. The Morgan fingerprint density at radius 2 is 2.27 bits per heavy atom. The van der Waals surface area contributed by atoms with Crippen molar-refractivity contribution >= 4 is 27.8 Å². The zero-order valence-electron chi connectivity index (χ0n) is 11.6. The van der Waals surface area contributed by atoms with Crippen molar-refractivity contribution in [2.75, 3.05) is 24.9 Å². The highest BCUT2D eigenvalue weighted by atomic mass is 79.9. The lowest BCUT2D eigenvalue weighted by Gasteiger charge is -2.14. The molecule has 5 N–H and O–H groups in total. The quantitative estimate of drug-likeness (QED) is 0.598. The number of benzene rings is 1. The summed E-state index contributed by atoms with van der Waals surface area (Å²) in [6.07, 6.45) is 0. The van der Waals surface area contributed by atoms with E-state index in [1.165, 1.54) is 11.9 Å². The molecule has 22 heavy (non-hydrogen) atoms. The number of nitrogen functional groups attached to an aromatic ring is 1. The Hall–Kier alpha value is -2.56. The van der Waals surface area contributed by atoms with Crippen LogP contribution in [0.3, 0.4) is 0 Å². The van der Waals surface area contributed by atoms with Crippen LogP contribution in [0.5, 0.6) is 11.5 Å². The molecule has 0 atom stereocenters. The maximum absolute atomic E-state index is 10.8. The molecule has 0 fully saturated rings. The first-order valence-corrected chi connectivity index (χ1v) is 6.85. The monoisotopic (exact) mass is 371 g/mol. The molecule has 0 saturated carbocycles. The van der Waals surface area contributed by atoms with Gasteiger partial charge in [0.2, 0.25) is 0 Å². The van der Waals surface area contributed by atoms with E-state index < -0.39 is 5.91 Å². The van der Waals surface area contributed by atoms with Crippen LogP contribution >= 0.6 is 15.9 Å². The number of tetrazole rings is 1. The highest BCUT2D eigenvalue weighted by Gasteiger charge is 2.13. The van der Waals surface area contributed by atoms with Crippen molar-refractivity contribution in [3.05, 3.63) is 22.2 Å². The van der Waals surface area contributed by atoms with E-state index in [0.717, 1.165) is 5.56 Å². The predicted octanol–water partition coefficient (Wildman–Crippen LogP) is -0.366. The van der Waals surface area contributed by atoms with Crippen LogP contribution in [0.1, 0.15) is 5.56 Å². The Bertz CT molecular complexity index is 676. The summed E-state index contributed by atoms with van der Waals surface area (Å²) < 4.78 is 11.2. The molecule has 0 radical (unpaired) electrons. The van der Waals surface area contributed by atoms with Crippen molar-refractivity contribution in [1.29, 1.82) is 0 Å². The molecule has 0 aliphatic rings. The van der Waals surface area contributed by atoms with E-state index in [4.69, 9.17) is 20.9 Å². The van der Waals surface area contributed by atoms with Gasteiger partial charge in [0.15, 0.2) is 18.1 Å². The second-order valence-corrected chi connectivity index (χ2v) is 5.00. The number of primary amides is 1. The van der Waals surface area contributed by atoms with Gasteiger partial charge in [0, 0.05) is 0 Å². The molecule has 0 unspecified atom stereocenters. The van der Waals surface area contributed by atoms with Gasteiger partial charge in [-0.25, -0.2) is 0 Å². The van der Waals surface area contributed by atoms with Gasteiger partial charge >= 0.3 is 0 Å². The SMILES string of the molecule is COc1cc(CNn2nnnc2N)cc(Br)c1OCC(N)=O. The molecule has 0 aliphatic carbocycles. The minimum Gasteiger partial charge on any atom is -0.493 e. The Balaban J connectivity index is 2.14. The molecule has 118 valence electrons. The van der Waals surface area contributed by atoms with Crippen LogP contribution < -0.4 is 26.4 Å². The number of halogens is 1. The molecule has 0 aliphatic heterocycles. The smallest absolute Gasteiger partial charge is 0.260 e. The van der Waals surface area contributed by atoms with Crippen LogP contribution in [0.15, 0.2) is 16.6 Å². The van der Waals surface area contributed by atoms with Crippen molar-refractivity contribution in [3.63, 3.8) is 0 Å². The fourth-order valence-electron chi connectivity index (χ4n) is 1.63. The molecule has 2 aromatic rings. The van der Waals surface area contributed by atoms with E-state index in [-0.39, 0.29) is 12.6 Å². The molecular weight excluding hydrogens is 358 g/mol. The van der Waals surface area contributed by atoms with Gasteiger partial charge in [-0.3, -0.25) is 4.79 Å². The van der Waals surface area contributed by atoms with Gasteiger partial charge in [-0.05, 0) is 44.1 Å². The van der Waals surface area contributed by atoms with Crippen LogP contribution in [-0.4, -0.2) is 39.9 Å². The summed E-state index contributed by atoms with van der Waals surface area (Å²) >= 11 is 3.37. The first-order chi connectivity index (χ1) is 10.5. The van der Waals surface area contributed by atoms with Gasteiger partial charge in [0.25, 0.3) is 11.9 Å². The van der Waals surface area contributed by atoms with Gasteiger partial charge < -0.3 is 26.4 Å². The summed E-state index contributed by atoms with van der Waals surface area (Å²) in [5.74, 6) is 0.422. The van der Waals surface area contributed by atoms with Gasteiger partial charge in [-0.1, -0.05) is 5.10 Å². The van der Waals surface area contributed by atoms with E-state index in [1.807, 2.05) is 0 Å². The second-order valence-electron chi connectivity index (χ2n) is 4.15. The lowest BCUT2D eigenvalue weighted by Crippen LogP contribution is -2.20. The summed E-state index contributed by atoms with van der Waals surface area (Å²) in [6.45, 7) is 0.147. The molecule has 1 aromatic carbocycles. The summed E-state index contributed by atoms with van der Waals surface area (Å²) in [7, 11) is 1.50. The van der Waals surface area contributed by atoms with Gasteiger partial charge in [0.1, 0.15) is 0 Å². The number of hydrogen-bond donors (Lipinski definition) is 3. The first kappa shape index (κ1) is 15.8. The molecule has 2 rings (SSSR count). The molecule has 1 amide bonds. The van der Waals surface area contributed by atoms with Crippen molar-refractivity contribution in [1.82, 2.24) is 20.3 Å². The Morgan fingerprint density at radius 3 is 2.86 bits per heavy atom. The highest BCUT2D eigenvalue weighted by Crippen LogP contribution is 2.36. The second kappa shape index (κ2) is 6.93. The van der Waals surface area contributed by atoms with E-state index in [9.17, 15) is 4.79 Å². The minimum absolute atomic E-state index is 0.146. The number of methoxy groups -OCH3 is 1. The van der Waals surface area contributed by atoms with E-state index in [2.05, 4.69) is 36.9 Å². The van der Waals surface area contributed by atoms with Crippen LogP contribution in [-0.2, 0) is 11.3 Å². The standard InChI is InChI=1S/C11H14BrN7O3/c1-21-8-3-6(4-15-19-11(14)16-17-18-19)2-7(12)10(8)22-5-9(13)20/h2-3,15H,4-5H2,1H3,(H2,13,20)(H2,14,16,18). The van der Waals surface area contributed by atoms with Crippen LogP contribution in [0.2, 0.25) is 0 Å². The fraction of sp³-hybridized carbons (Fsp3) is 0.273. The number of nitrogens with zero attached hydrogens (tertiary/aromatic N) is 4. The number of nitrogens with two attached hydrogens (primary N) is 2. The zero-order valence-corrected chi connectivity index (χ0v) is 13.2. The maximum atomic E-state index is 10.8. The zero-order chi connectivity index (χ0) is 16.1. The number of rotatable bonds is 7. The van der Waals surface area contributed by atoms with E-state index in [0.29, 0.717) is 22.5 Å². The van der Waals surface area contributed by atoms with Crippen LogP contribution in [0.25, 0.3) is 0 Å². The average molecular weight is 372 g/mol. The normalized spacial score (nSPS) is 10.3. The molecular formula is C11H14BrN7O3.